The largest absolute Gasteiger partial charge is 0.478 e. The van der Waals surface area contributed by atoms with Crippen LogP contribution in [0.4, 0.5) is 10.5 Å². The van der Waals surface area contributed by atoms with Crippen LogP contribution in [0.5, 0.6) is 0 Å². The van der Waals surface area contributed by atoms with Gasteiger partial charge in [-0.3, -0.25) is 0 Å². The Bertz CT molecular complexity index is 491. The molecule has 1 rings (SSSR count). The van der Waals surface area contributed by atoms with Crippen molar-refractivity contribution in [2.24, 2.45) is 0 Å². The summed E-state index contributed by atoms with van der Waals surface area (Å²) in [5.41, 5.74) is 0.362. The number of amides is 2. The highest BCUT2D eigenvalue weighted by Crippen LogP contribution is 2.20. The van der Waals surface area contributed by atoms with Gasteiger partial charge in [-0.1, -0.05) is 31.9 Å². The molecule has 0 bridgehead atoms. The van der Waals surface area contributed by atoms with Gasteiger partial charge in [0.1, 0.15) is 0 Å². The van der Waals surface area contributed by atoms with Crippen molar-refractivity contribution in [3.8, 4) is 0 Å². The summed E-state index contributed by atoms with van der Waals surface area (Å²) in [5, 5.41) is 14.6. The minimum absolute atomic E-state index is 0.0370. The first-order valence-corrected chi connectivity index (χ1v) is 6.96. The molecule has 0 heterocycles. The normalized spacial score (nSPS) is 11.8. The number of carbonyl (C=O) groups is 2. The number of anilines is 1. The molecule has 0 saturated heterocycles. The Hall–Kier alpha value is -1.75. The summed E-state index contributed by atoms with van der Waals surface area (Å²) in [6, 6.07) is 4.12. The maximum Gasteiger partial charge on any atom is 0.337 e. The Morgan fingerprint density at radius 3 is 2.60 bits per heavy atom. The number of halogens is 1. The minimum Gasteiger partial charge on any atom is -0.478 e. The van der Waals surface area contributed by atoms with Gasteiger partial charge in [0.2, 0.25) is 0 Å². The molecule has 6 heteroatoms. The lowest BCUT2D eigenvalue weighted by Gasteiger charge is -2.16. The monoisotopic (exact) mass is 298 g/mol. The van der Waals surface area contributed by atoms with E-state index in [0.717, 1.165) is 19.3 Å². The van der Waals surface area contributed by atoms with E-state index in [1.54, 1.807) is 6.07 Å². The molecule has 5 nitrogen and oxygen atoms in total. The van der Waals surface area contributed by atoms with Crippen LogP contribution in [0.25, 0.3) is 0 Å². The second kappa shape index (κ2) is 7.75. The molecule has 1 unspecified atom stereocenters. The van der Waals surface area contributed by atoms with E-state index in [4.69, 9.17) is 16.7 Å². The Labute approximate surface area is 123 Å². The van der Waals surface area contributed by atoms with Crippen molar-refractivity contribution in [3.63, 3.8) is 0 Å². The SMILES string of the molecule is CCCC(CC)NC(=O)Nc1ccc(Cl)c(C(=O)O)c1. The number of urea groups is 1. The predicted octanol–water partition coefficient (Wildman–Crippen LogP) is 3.74. The molecule has 0 spiro atoms. The van der Waals surface area contributed by atoms with Gasteiger partial charge in [-0.15, -0.1) is 0 Å². The molecular formula is C14H19ClN2O3. The molecule has 0 aromatic heterocycles. The quantitative estimate of drug-likeness (QED) is 0.748. The summed E-state index contributed by atoms with van der Waals surface area (Å²) < 4.78 is 0. The maximum atomic E-state index is 11.8. The molecule has 1 aromatic carbocycles. The summed E-state index contributed by atoms with van der Waals surface area (Å²) >= 11 is 5.77. The van der Waals surface area contributed by atoms with E-state index in [1.807, 2.05) is 6.92 Å². The minimum atomic E-state index is -1.13. The van der Waals surface area contributed by atoms with Gasteiger partial charge in [0.05, 0.1) is 10.6 Å². The lowest BCUT2D eigenvalue weighted by Crippen LogP contribution is -2.37. The first-order chi connectivity index (χ1) is 9.47. The highest BCUT2D eigenvalue weighted by atomic mass is 35.5. The molecule has 0 aliphatic heterocycles. The molecule has 3 N–H and O–H groups in total. The first-order valence-electron chi connectivity index (χ1n) is 6.58. The molecule has 0 aliphatic carbocycles. The average molecular weight is 299 g/mol. The van der Waals surface area contributed by atoms with Crippen molar-refractivity contribution >= 4 is 29.3 Å². The van der Waals surface area contributed by atoms with Crippen LogP contribution in [-0.4, -0.2) is 23.1 Å². The number of carboxylic acid groups (broad SMARTS) is 1. The van der Waals surface area contributed by atoms with E-state index in [1.165, 1.54) is 12.1 Å². The zero-order chi connectivity index (χ0) is 15.1. The Kier molecular flexibility index (Phi) is 6.31. The van der Waals surface area contributed by atoms with Gasteiger partial charge in [-0.25, -0.2) is 9.59 Å². The fraction of sp³-hybridized carbons (Fsp3) is 0.429. The van der Waals surface area contributed by atoms with Crippen LogP contribution in [0.1, 0.15) is 43.5 Å². The highest BCUT2D eigenvalue weighted by molar-refractivity contribution is 6.33. The maximum absolute atomic E-state index is 11.8. The zero-order valence-corrected chi connectivity index (χ0v) is 12.3. The lowest BCUT2D eigenvalue weighted by molar-refractivity contribution is 0.0697. The van der Waals surface area contributed by atoms with Crippen molar-refractivity contribution < 1.29 is 14.7 Å². The summed E-state index contributed by atoms with van der Waals surface area (Å²) in [6.45, 7) is 4.06. The van der Waals surface area contributed by atoms with E-state index in [2.05, 4.69) is 17.6 Å². The molecule has 2 amide bonds. The van der Waals surface area contributed by atoms with Crippen LogP contribution < -0.4 is 10.6 Å². The van der Waals surface area contributed by atoms with Crippen LogP contribution in [0, 0.1) is 0 Å². The third kappa shape index (κ3) is 4.74. The van der Waals surface area contributed by atoms with Crippen LogP contribution >= 0.6 is 11.6 Å². The van der Waals surface area contributed by atoms with Crippen molar-refractivity contribution in [3.05, 3.63) is 28.8 Å². The molecule has 0 aliphatic rings. The van der Waals surface area contributed by atoms with Gasteiger partial charge in [-0.2, -0.15) is 0 Å². The smallest absolute Gasteiger partial charge is 0.337 e. The third-order valence-electron chi connectivity index (χ3n) is 2.92. The van der Waals surface area contributed by atoms with Gasteiger partial charge in [0.25, 0.3) is 0 Å². The molecule has 0 saturated carbocycles. The number of aromatic carboxylic acids is 1. The number of hydrogen-bond donors (Lipinski definition) is 3. The number of carboxylic acids is 1. The van der Waals surface area contributed by atoms with Gasteiger partial charge in [-0.05, 0) is 31.0 Å². The van der Waals surface area contributed by atoms with E-state index < -0.39 is 5.97 Å². The van der Waals surface area contributed by atoms with Crippen molar-refractivity contribution in [1.29, 1.82) is 0 Å². The van der Waals surface area contributed by atoms with Crippen molar-refractivity contribution in [2.75, 3.05) is 5.32 Å². The summed E-state index contributed by atoms with van der Waals surface area (Å²) in [4.78, 5) is 22.8. The summed E-state index contributed by atoms with van der Waals surface area (Å²) in [5.74, 6) is -1.13. The van der Waals surface area contributed by atoms with E-state index in [-0.39, 0.29) is 22.7 Å². The number of rotatable bonds is 6. The first kappa shape index (κ1) is 16.3. The second-order valence-electron chi connectivity index (χ2n) is 4.49. The van der Waals surface area contributed by atoms with Gasteiger partial charge in [0, 0.05) is 11.7 Å². The Morgan fingerprint density at radius 1 is 1.35 bits per heavy atom. The predicted molar refractivity (Wildman–Crippen MR) is 79.6 cm³/mol. The fourth-order valence-electron chi connectivity index (χ4n) is 1.85. The fourth-order valence-corrected chi connectivity index (χ4v) is 2.04. The number of carbonyl (C=O) groups excluding carboxylic acids is 1. The zero-order valence-electron chi connectivity index (χ0n) is 11.6. The van der Waals surface area contributed by atoms with Gasteiger partial charge >= 0.3 is 12.0 Å². The van der Waals surface area contributed by atoms with Gasteiger partial charge in [0.15, 0.2) is 0 Å². The lowest BCUT2D eigenvalue weighted by atomic mass is 10.1. The second-order valence-corrected chi connectivity index (χ2v) is 4.90. The molecular weight excluding hydrogens is 280 g/mol. The van der Waals surface area contributed by atoms with E-state index in [0.29, 0.717) is 5.69 Å². The van der Waals surface area contributed by atoms with Crippen molar-refractivity contribution in [2.45, 2.75) is 39.2 Å². The number of nitrogens with one attached hydrogen (secondary N) is 2. The Balaban J connectivity index is 2.71. The van der Waals surface area contributed by atoms with Crippen LogP contribution in [-0.2, 0) is 0 Å². The third-order valence-corrected chi connectivity index (χ3v) is 3.25. The molecule has 0 fully saturated rings. The summed E-state index contributed by atoms with van der Waals surface area (Å²) in [7, 11) is 0. The average Bonchev–Trinajstić information content (AvgIpc) is 2.40. The highest BCUT2D eigenvalue weighted by Gasteiger charge is 2.12. The molecule has 1 aromatic rings. The van der Waals surface area contributed by atoms with Crippen LogP contribution in [0.2, 0.25) is 5.02 Å². The van der Waals surface area contributed by atoms with Crippen LogP contribution in [0.3, 0.4) is 0 Å². The number of hydrogen-bond acceptors (Lipinski definition) is 2. The van der Waals surface area contributed by atoms with Gasteiger partial charge < -0.3 is 15.7 Å². The topological polar surface area (TPSA) is 78.4 Å². The Morgan fingerprint density at radius 2 is 2.05 bits per heavy atom. The van der Waals surface area contributed by atoms with Crippen molar-refractivity contribution in [1.82, 2.24) is 5.32 Å². The van der Waals surface area contributed by atoms with E-state index in [9.17, 15) is 9.59 Å². The number of benzene rings is 1. The summed E-state index contributed by atoms with van der Waals surface area (Å²) in [6.07, 6.45) is 2.75. The molecule has 110 valence electrons. The standard InChI is InChI=1S/C14H19ClN2O3/c1-3-5-9(4-2)16-14(20)17-10-6-7-12(15)11(8-10)13(18)19/h6-9H,3-5H2,1-2H3,(H,18,19)(H2,16,17,20). The molecule has 0 radical (unpaired) electrons. The van der Waals surface area contributed by atoms with E-state index >= 15 is 0 Å². The molecule has 20 heavy (non-hydrogen) atoms. The van der Waals surface area contributed by atoms with Crippen LogP contribution in [0.15, 0.2) is 18.2 Å². The molecule has 1 atom stereocenters.